The van der Waals surface area contributed by atoms with Crippen LogP contribution in [0.15, 0.2) is 35.9 Å². The SMILES string of the molecule is C/C(=C\C(=O)O)C(=O)Nc1cccc(O)c1. The molecule has 5 nitrogen and oxygen atoms in total. The van der Waals surface area contributed by atoms with E-state index < -0.39 is 11.9 Å². The van der Waals surface area contributed by atoms with Gasteiger partial charge in [0.25, 0.3) is 5.91 Å². The van der Waals surface area contributed by atoms with Crippen molar-refractivity contribution in [1.29, 1.82) is 0 Å². The fourth-order valence-corrected chi connectivity index (χ4v) is 1.06. The third-order valence-electron chi connectivity index (χ3n) is 1.80. The maximum Gasteiger partial charge on any atom is 0.328 e. The normalized spacial score (nSPS) is 10.9. The molecular formula is C11H11NO4. The van der Waals surface area contributed by atoms with Crippen LogP contribution in [-0.4, -0.2) is 22.1 Å². The molecule has 0 aromatic heterocycles. The van der Waals surface area contributed by atoms with Crippen LogP contribution in [0.1, 0.15) is 6.92 Å². The highest BCUT2D eigenvalue weighted by Gasteiger charge is 2.06. The Morgan fingerprint density at radius 2 is 2.06 bits per heavy atom. The van der Waals surface area contributed by atoms with Gasteiger partial charge >= 0.3 is 5.97 Å². The molecule has 0 aliphatic rings. The molecule has 0 spiro atoms. The summed E-state index contributed by atoms with van der Waals surface area (Å²) in [5.41, 5.74) is 0.485. The number of anilines is 1. The highest BCUT2D eigenvalue weighted by atomic mass is 16.4. The minimum atomic E-state index is -1.18. The molecule has 0 unspecified atom stereocenters. The Balaban J connectivity index is 2.75. The van der Waals surface area contributed by atoms with Crippen LogP contribution >= 0.6 is 0 Å². The molecule has 0 radical (unpaired) electrons. The van der Waals surface area contributed by atoms with Crippen LogP contribution in [0, 0.1) is 0 Å². The van der Waals surface area contributed by atoms with Gasteiger partial charge in [0.1, 0.15) is 5.75 Å². The number of aliphatic carboxylic acids is 1. The van der Waals surface area contributed by atoms with Crippen molar-refractivity contribution in [2.75, 3.05) is 5.32 Å². The number of phenolic OH excluding ortho intramolecular Hbond substituents is 1. The summed E-state index contributed by atoms with van der Waals surface area (Å²) >= 11 is 0. The minimum absolute atomic E-state index is 0.0256. The summed E-state index contributed by atoms with van der Waals surface area (Å²) in [6.07, 6.45) is 0.818. The van der Waals surface area contributed by atoms with Gasteiger partial charge < -0.3 is 15.5 Å². The fraction of sp³-hybridized carbons (Fsp3) is 0.0909. The first-order chi connectivity index (χ1) is 7.49. The second-order valence-electron chi connectivity index (χ2n) is 3.17. The van der Waals surface area contributed by atoms with Gasteiger partial charge in [0.15, 0.2) is 0 Å². The van der Waals surface area contributed by atoms with Gasteiger partial charge in [-0.1, -0.05) is 6.07 Å². The summed E-state index contributed by atoms with van der Waals surface area (Å²) in [5.74, 6) is -1.67. The van der Waals surface area contributed by atoms with E-state index in [0.29, 0.717) is 5.69 Å². The number of rotatable bonds is 3. The van der Waals surface area contributed by atoms with Crippen molar-refractivity contribution in [3.05, 3.63) is 35.9 Å². The van der Waals surface area contributed by atoms with Crippen LogP contribution in [0.2, 0.25) is 0 Å². The molecule has 0 saturated carbocycles. The van der Waals surface area contributed by atoms with Crippen molar-refractivity contribution in [2.24, 2.45) is 0 Å². The van der Waals surface area contributed by atoms with Crippen LogP contribution in [0.5, 0.6) is 5.75 Å². The van der Waals surface area contributed by atoms with E-state index in [2.05, 4.69) is 5.32 Å². The Morgan fingerprint density at radius 1 is 1.38 bits per heavy atom. The van der Waals surface area contributed by atoms with E-state index in [1.165, 1.54) is 19.1 Å². The van der Waals surface area contributed by atoms with Gasteiger partial charge in [0, 0.05) is 23.4 Å². The van der Waals surface area contributed by atoms with E-state index >= 15 is 0 Å². The number of nitrogens with one attached hydrogen (secondary N) is 1. The second kappa shape index (κ2) is 4.97. The van der Waals surface area contributed by atoms with Crippen molar-refractivity contribution >= 4 is 17.6 Å². The van der Waals surface area contributed by atoms with E-state index in [-0.39, 0.29) is 11.3 Å². The molecule has 0 fully saturated rings. The van der Waals surface area contributed by atoms with Crippen LogP contribution in [0.3, 0.4) is 0 Å². The average molecular weight is 221 g/mol. The standard InChI is InChI=1S/C11H11NO4/c1-7(5-10(14)15)11(16)12-8-3-2-4-9(13)6-8/h2-6,13H,1H3,(H,12,16)(H,14,15)/b7-5+. The lowest BCUT2D eigenvalue weighted by atomic mass is 10.2. The molecule has 1 amide bonds. The summed E-state index contributed by atoms with van der Waals surface area (Å²) in [7, 11) is 0. The molecule has 0 aliphatic carbocycles. The lowest BCUT2D eigenvalue weighted by molar-refractivity contribution is -0.131. The van der Waals surface area contributed by atoms with Crippen molar-refractivity contribution in [2.45, 2.75) is 6.92 Å². The van der Waals surface area contributed by atoms with Crippen molar-refractivity contribution in [3.63, 3.8) is 0 Å². The topological polar surface area (TPSA) is 86.6 Å². The molecule has 0 saturated heterocycles. The molecule has 0 heterocycles. The predicted octanol–water partition coefficient (Wildman–Crippen LogP) is 1.36. The number of carbonyl (C=O) groups excluding carboxylic acids is 1. The number of benzene rings is 1. The Morgan fingerprint density at radius 3 is 2.62 bits per heavy atom. The number of hydrogen-bond donors (Lipinski definition) is 3. The monoisotopic (exact) mass is 221 g/mol. The first-order valence-electron chi connectivity index (χ1n) is 4.50. The zero-order valence-corrected chi connectivity index (χ0v) is 8.60. The lowest BCUT2D eigenvalue weighted by Gasteiger charge is -2.04. The van der Waals surface area contributed by atoms with E-state index in [1.807, 2.05) is 0 Å². The highest BCUT2D eigenvalue weighted by Crippen LogP contribution is 2.15. The smallest absolute Gasteiger partial charge is 0.328 e. The van der Waals surface area contributed by atoms with Gasteiger partial charge in [-0.25, -0.2) is 4.79 Å². The van der Waals surface area contributed by atoms with Gasteiger partial charge in [0.05, 0.1) is 0 Å². The Hall–Kier alpha value is -2.30. The maximum absolute atomic E-state index is 11.4. The van der Waals surface area contributed by atoms with Gasteiger partial charge in [-0.05, 0) is 19.1 Å². The van der Waals surface area contributed by atoms with Crippen LogP contribution in [0.4, 0.5) is 5.69 Å². The number of amides is 1. The van der Waals surface area contributed by atoms with E-state index in [4.69, 9.17) is 10.2 Å². The molecule has 16 heavy (non-hydrogen) atoms. The molecule has 3 N–H and O–H groups in total. The third kappa shape index (κ3) is 3.45. The third-order valence-corrected chi connectivity index (χ3v) is 1.80. The van der Waals surface area contributed by atoms with Crippen molar-refractivity contribution in [3.8, 4) is 5.75 Å². The van der Waals surface area contributed by atoms with Gasteiger partial charge in [0.2, 0.25) is 0 Å². The van der Waals surface area contributed by atoms with Crippen LogP contribution in [-0.2, 0) is 9.59 Å². The van der Waals surface area contributed by atoms with Crippen molar-refractivity contribution in [1.82, 2.24) is 0 Å². The Labute approximate surface area is 92.0 Å². The van der Waals surface area contributed by atoms with Crippen LogP contribution in [0.25, 0.3) is 0 Å². The van der Waals surface area contributed by atoms with Crippen molar-refractivity contribution < 1.29 is 19.8 Å². The predicted molar refractivity (Wildman–Crippen MR) is 58.1 cm³/mol. The Bertz CT molecular complexity index is 451. The molecular weight excluding hydrogens is 210 g/mol. The van der Waals surface area contributed by atoms with E-state index in [0.717, 1.165) is 6.08 Å². The summed E-state index contributed by atoms with van der Waals surface area (Å²) in [6, 6.07) is 5.99. The fourth-order valence-electron chi connectivity index (χ4n) is 1.06. The molecule has 1 rings (SSSR count). The first-order valence-corrected chi connectivity index (χ1v) is 4.50. The molecule has 1 aromatic rings. The van der Waals surface area contributed by atoms with Crippen LogP contribution < -0.4 is 5.32 Å². The van der Waals surface area contributed by atoms with Gasteiger partial charge in [-0.3, -0.25) is 4.79 Å². The van der Waals surface area contributed by atoms with E-state index in [1.54, 1.807) is 12.1 Å². The van der Waals surface area contributed by atoms with Gasteiger partial charge in [-0.2, -0.15) is 0 Å². The van der Waals surface area contributed by atoms with Gasteiger partial charge in [-0.15, -0.1) is 0 Å². The Kier molecular flexibility index (Phi) is 3.66. The summed E-state index contributed by atoms with van der Waals surface area (Å²) in [4.78, 5) is 21.8. The zero-order chi connectivity index (χ0) is 12.1. The molecule has 0 bridgehead atoms. The highest BCUT2D eigenvalue weighted by molar-refractivity contribution is 6.06. The molecule has 0 atom stereocenters. The minimum Gasteiger partial charge on any atom is -0.508 e. The number of carboxylic acids is 1. The number of carboxylic acid groups (broad SMARTS) is 1. The zero-order valence-electron chi connectivity index (χ0n) is 8.60. The maximum atomic E-state index is 11.4. The largest absolute Gasteiger partial charge is 0.508 e. The molecule has 5 heteroatoms. The summed E-state index contributed by atoms with van der Waals surface area (Å²) < 4.78 is 0. The number of carbonyl (C=O) groups is 2. The molecule has 0 aliphatic heterocycles. The quantitative estimate of drug-likeness (QED) is 0.672. The summed E-state index contributed by atoms with van der Waals surface area (Å²) in [6.45, 7) is 1.40. The average Bonchev–Trinajstić information content (AvgIpc) is 2.16. The molecule has 1 aromatic carbocycles. The number of hydrogen-bond acceptors (Lipinski definition) is 3. The first kappa shape index (κ1) is 11.8. The summed E-state index contributed by atoms with van der Waals surface area (Å²) in [5, 5.41) is 20.1. The van der Waals surface area contributed by atoms with E-state index in [9.17, 15) is 9.59 Å². The molecule has 84 valence electrons. The number of aromatic hydroxyl groups is 1. The lowest BCUT2D eigenvalue weighted by Crippen LogP contribution is -2.13. The number of phenols is 1. The second-order valence-corrected chi connectivity index (χ2v) is 3.17.